The first-order valence-corrected chi connectivity index (χ1v) is 10.3. The number of fused-ring (bicyclic) bond motifs is 1. The second kappa shape index (κ2) is 9.92. The van der Waals surface area contributed by atoms with Gasteiger partial charge in [-0.25, -0.2) is 4.79 Å². The summed E-state index contributed by atoms with van der Waals surface area (Å²) in [5.41, 5.74) is 15.8. The van der Waals surface area contributed by atoms with Gasteiger partial charge in [0.2, 0.25) is 5.91 Å². The molecule has 2 amide bonds. The lowest BCUT2D eigenvalue weighted by atomic mass is 9.82. The van der Waals surface area contributed by atoms with Crippen LogP contribution >= 0.6 is 0 Å². The number of primary amides is 1. The van der Waals surface area contributed by atoms with Crippen molar-refractivity contribution >= 4 is 12.0 Å². The van der Waals surface area contributed by atoms with Crippen LogP contribution in [0.25, 0.3) is 0 Å². The Balaban J connectivity index is 2.18. The number of aryl methyl sites for hydroxylation is 1. The number of rotatable bonds is 8. The summed E-state index contributed by atoms with van der Waals surface area (Å²) in [7, 11) is 0. The molecule has 2 rings (SSSR count). The van der Waals surface area contributed by atoms with E-state index in [4.69, 9.17) is 16.2 Å². The number of hydrogen-bond donors (Lipinski definition) is 3. The van der Waals surface area contributed by atoms with Crippen LogP contribution in [-0.2, 0) is 35.2 Å². The van der Waals surface area contributed by atoms with Gasteiger partial charge in [0.05, 0.1) is 0 Å². The lowest BCUT2D eigenvalue weighted by Crippen LogP contribution is -2.47. The van der Waals surface area contributed by atoms with E-state index in [1.807, 2.05) is 0 Å². The molecule has 1 atom stereocenters. The molecule has 0 aromatic heterocycles. The summed E-state index contributed by atoms with van der Waals surface area (Å²) >= 11 is 0. The molecule has 1 aliphatic carbocycles. The number of carbonyl (C=O) groups excluding carboxylic acids is 2. The molecule has 0 radical (unpaired) electrons. The highest BCUT2D eigenvalue weighted by Crippen LogP contribution is 2.29. The molecule has 0 aliphatic heterocycles. The number of nitrogens with one attached hydrogen (secondary N) is 1. The van der Waals surface area contributed by atoms with Crippen LogP contribution in [0.1, 0.15) is 68.7 Å². The number of unbranched alkanes of at least 4 members (excludes halogenated alkanes) is 1. The molecule has 0 bridgehead atoms. The molecule has 28 heavy (non-hydrogen) atoms. The average molecular weight is 390 g/mol. The number of alkyl carbamates (subject to hydrolysis) is 1. The van der Waals surface area contributed by atoms with Crippen LogP contribution in [0.5, 0.6) is 0 Å². The molecule has 1 aliphatic rings. The maximum absolute atomic E-state index is 12.1. The van der Waals surface area contributed by atoms with Gasteiger partial charge in [-0.2, -0.15) is 0 Å². The summed E-state index contributed by atoms with van der Waals surface area (Å²) in [5, 5.41) is 2.64. The van der Waals surface area contributed by atoms with Crippen LogP contribution in [-0.4, -0.2) is 30.2 Å². The van der Waals surface area contributed by atoms with Crippen LogP contribution in [0.2, 0.25) is 0 Å². The first-order valence-electron chi connectivity index (χ1n) is 10.3. The zero-order valence-corrected chi connectivity index (χ0v) is 17.5. The van der Waals surface area contributed by atoms with Crippen molar-refractivity contribution in [1.29, 1.82) is 0 Å². The Morgan fingerprint density at radius 3 is 2.29 bits per heavy atom. The lowest BCUT2D eigenvalue weighted by molar-refractivity contribution is -0.120. The molecule has 6 heteroatoms. The molecule has 0 fully saturated rings. The highest BCUT2D eigenvalue weighted by molar-refractivity contribution is 5.84. The van der Waals surface area contributed by atoms with E-state index >= 15 is 0 Å². The van der Waals surface area contributed by atoms with Crippen LogP contribution in [0.4, 0.5) is 4.79 Å². The van der Waals surface area contributed by atoms with Crippen LogP contribution in [0.3, 0.4) is 0 Å². The third-order valence-electron chi connectivity index (χ3n) is 5.09. The predicted octanol–water partition coefficient (Wildman–Crippen LogP) is 2.77. The van der Waals surface area contributed by atoms with Gasteiger partial charge in [0.15, 0.2) is 0 Å². The van der Waals surface area contributed by atoms with Crippen LogP contribution < -0.4 is 16.8 Å². The summed E-state index contributed by atoms with van der Waals surface area (Å²) in [4.78, 5) is 24.1. The van der Waals surface area contributed by atoms with Crippen molar-refractivity contribution in [3.63, 3.8) is 0 Å². The van der Waals surface area contributed by atoms with Gasteiger partial charge in [0.25, 0.3) is 0 Å². The van der Waals surface area contributed by atoms with E-state index in [9.17, 15) is 9.59 Å². The van der Waals surface area contributed by atoms with Crippen molar-refractivity contribution < 1.29 is 14.3 Å². The van der Waals surface area contributed by atoms with Gasteiger partial charge in [-0.15, -0.1) is 0 Å². The van der Waals surface area contributed by atoms with Gasteiger partial charge in [-0.3, -0.25) is 4.79 Å². The van der Waals surface area contributed by atoms with E-state index in [2.05, 4.69) is 17.4 Å². The number of benzene rings is 1. The third kappa shape index (κ3) is 6.51. The van der Waals surface area contributed by atoms with Crippen molar-refractivity contribution in [2.24, 2.45) is 11.5 Å². The molecule has 1 aromatic rings. The summed E-state index contributed by atoms with van der Waals surface area (Å²) in [6.45, 7) is 6.07. The third-order valence-corrected chi connectivity index (χ3v) is 5.09. The molecule has 156 valence electrons. The van der Waals surface area contributed by atoms with Crippen molar-refractivity contribution in [2.75, 3.05) is 6.54 Å². The number of hydrogen-bond acceptors (Lipinski definition) is 4. The Bertz CT molecular complexity index is 695. The minimum Gasteiger partial charge on any atom is -0.444 e. The Morgan fingerprint density at radius 1 is 1.11 bits per heavy atom. The summed E-state index contributed by atoms with van der Waals surface area (Å²) in [6, 6.07) is 3.47. The summed E-state index contributed by atoms with van der Waals surface area (Å²) < 4.78 is 5.27. The SMILES string of the molecule is CC(C)(C)OC(=O)NC(Cc1ccc(CCCCN)c2c1CCCC2)C(N)=O. The molecule has 0 heterocycles. The number of nitrogens with two attached hydrogens (primary N) is 2. The average Bonchev–Trinajstić information content (AvgIpc) is 2.61. The quantitative estimate of drug-likeness (QED) is 0.594. The maximum atomic E-state index is 12.1. The topological polar surface area (TPSA) is 107 Å². The van der Waals surface area contributed by atoms with Crippen molar-refractivity contribution in [2.45, 2.75) is 83.8 Å². The van der Waals surface area contributed by atoms with Crippen LogP contribution in [0.15, 0.2) is 12.1 Å². The standard InChI is InChI=1S/C22H35N3O3/c1-22(2,3)28-21(27)25-19(20(24)26)14-16-12-11-15(8-6-7-13-23)17-9-4-5-10-18(16)17/h11-12,19H,4-10,13-14,23H2,1-3H3,(H2,24,26)(H,25,27). The van der Waals surface area contributed by atoms with Gasteiger partial charge in [0.1, 0.15) is 11.6 Å². The van der Waals surface area contributed by atoms with E-state index in [-0.39, 0.29) is 0 Å². The van der Waals surface area contributed by atoms with Crippen molar-refractivity contribution in [3.8, 4) is 0 Å². The van der Waals surface area contributed by atoms with Crippen molar-refractivity contribution in [1.82, 2.24) is 5.32 Å². The molecule has 5 N–H and O–H groups in total. The molecule has 1 unspecified atom stereocenters. The van der Waals surface area contributed by atoms with Crippen molar-refractivity contribution in [3.05, 3.63) is 34.4 Å². The molecule has 1 aromatic carbocycles. The van der Waals surface area contributed by atoms with Gasteiger partial charge in [0, 0.05) is 6.42 Å². The zero-order valence-electron chi connectivity index (χ0n) is 17.5. The largest absolute Gasteiger partial charge is 0.444 e. The Morgan fingerprint density at radius 2 is 1.71 bits per heavy atom. The number of carbonyl (C=O) groups is 2. The van der Waals surface area contributed by atoms with Gasteiger partial charge in [-0.1, -0.05) is 12.1 Å². The van der Waals surface area contributed by atoms with Gasteiger partial charge in [-0.05, 0) is 94.5 Å². The number of ether oxygens (including phenoxy) is 1. The molecule has 0 spiro atoms. The fraction of sp³-hybridized carbons (Fsp3) is 0.636. The molecule has 0 saturated carbocycles. The second-order valence-corrected chi connectivity index (χ2v) is 8.60. The first kappa shape index (κ1) is 22.2. The molecular formula is C22H35N3O3. The predicted molar refractivity (Wildman–Crippen MR) is 111 cm³/mol. The smallest absolute Gasteiger partial charge is 0.408 e. The second-order valence-electron chi connectivity index (χ2n) is 8.60. The van der Waals surface area contributed by atoms with E-state index in [0.717, 1.165) is 50.6 Å². The fourth-order valence-electron chi connectivity index (χ4n) is 3.79. The monoisotopic (exact) mass is 389 g/mol. The molecular weight excluding hydrogens is 354 g/mol. The fourth-order valence-corrected chi connectivity index (χ4v) is 3.79. The van der Waals surface area contributed by atoms with Gasteiger partial charge >= 0.3 is 6.09 Å². The highest BCUT2D eigenvalue weighted by Gasteiger charge is 2.25. The molecule has 0 saturated heterocycles. The normalized spacial score (nSPS) is 14.9. The van der Waals surface area contributed by atoms with Crippen LogP contribution in [0, 0.1) is 0 Å². The van der Waals surface area contributed by atoms with Gasteiger partial charge < -0.3 is 21.5 Å². The minimum atomic E-state index is -0.788. The van der Waals surface area contributed by atoms with E-state index in [1.54, 1.807) is 20.8 Å². The Kier molecular flexibility index (Phi) is 7.87. The first-order chi connectivity index (χ1) is 13.2. The zero-order chi connectivity index (χ0) is 20.7. The van der Waals surface area contributed by atoms with E-state index in [0.29, 0.717) is 6.42 Å². The summed E-state index contributed by atoms with van der Waals surface area (Å²) in [6.07, 6.45) is 7.34. The Hall–Kier alpha value is -2.08. The highest BCUT2D eigenvalue weighted by atomic mass is 16.6. The molecule has 6 nitrogen and oxygen atoms in total. The Labute approximate surface area is 168 Å². The number of amides is 2. The maximum Gasteiger partial charge on any atom is 0.408 e. The van der Waals surface area contributed by atoms with E-state index < -0.39 is 23.6 Å². The lowest BCUT2D eigenvalue weighted by Gasteiger charge is -2.26. The minimum absolute atomic E-state index is 0.389. The summed E-state index contributed by atoms with van der Waals surface area (Å²) in [5.74, 6) is -0.553. The van der Waals surface area contributed by atoms with E-state index in [1.165, 1.54) is 23.1 Å².